The number of rotatable bonds is 4. The van der Waals surface area contributed by atoms with Gasteiger partial charge in [0.1, 0.15) is 29.9 Å². The zero-order valence-electron chi connectivity index (χ0n) is 20.3. The van der Waals surface area contributed by atoms with Crippen molar-refractivity contribution in [3.05, 3.63) is 11.9 Å². The maximum atomic E-state index is 13.1. The molecule has 4 unspecified atom stereocenters. The van der Waals surface area contributed by atoms with Gasteiger partial charge in [-0.3, -0.25) is 24.0 Å². The van der Waals surface area contributed by atoms with E-state index in [-0.39, 0.29) is 12.4 Å². The van der Waals surface area contributed by atoms with E-state index in [1.807, 2.05) is 5.32 Å². The number of primary amides is 1. The van der Waals surface area contributed by atoms with Crippen LogP contribution in [0.15, 0.2) is 16.9 Å². The van der Waals surface area contributed by atoms with E-state index in [4.69, 9.17) is 17.2 Å². The van der Waals surface area contributed by atoms with Crippen LogP contribution in [0.25, 0.3) is 0 Å². The first kappa shape index (κ1) is 30.7. The number of hydrogen-bond acceptors (Lipinski definition) is 13. The summed E-state index contributed by atoms with van der Waals surface area (Å²) in [5.41, 5.74) is 15.8. The lowest BCUT2D eigenvalue weighted by molar-refractivity contribution is -0.134. The van der Waals surface area contributed by atoms with Gasteiger partial charge in [0.15, 0.2) is 12.2 Å². The van der Waals surface area contributed by atoms with E-state index in [1.54, 1.807) is 0 Å². The highest BCUT2D eigenvalue weighted by molar-refractivity contribution is 6.02. The maximum Gasteiger partial charge on any atom is 0.316 e. The van der Waals surface area contributed by atoms with Gasteiger partial charge >= 0.3 is 6.03 Å². The summed E-state index contributed by atoms with van der Waals surface area (Å²) in [5.74, 6) is -5.56. The summed E-state index contributed by atoms with van der Waals surface area (Å²) in [5, 5.41) is 44.7. The summed E-state index contributed by atoms with van der Waals surface area (Å²) in [6, 6.07) is -8.48. The third-order valence-corrected chi connectivity index (χ3v) is 5.38. The molecule has 1 saturated heterocycles. The van der Waals surface area contributed by atoms with Crippen molar-refractivity contribution in [1.82, 2.24) is 37.2 Å². The van der Waals surface area contributed by atoms with Gasteiger partial charge in [0.25, 0.3) is 5.91 Å². The molecule has 6 atom stereocenters. The normalized spacial score (nSPS) is 30.5. The highest BCUT2D eigenvalue weighted by Crippen LogP contribution is 2.10. The Morgan fingerprint density at radius 2 is 1.59 bits per heavy atom. The summed E-state index contributed by atoms with van der Waals surface area (Å²) >= 11 is 0. The van der Waals surface area contributed by atoms with Gasteiger partial charge in [0.2, 0.25) is 23.6 Å². The highest BCUT2D eigenvalue weighted by Gasteiger charge is 2.36. The topological polar surface area (TPSA) is 338 Å². The maximum absolute atomic E-state index is 13.1. The lowest BCUT2D eigenvalue weighted by Gasteiger charge is -2.32. The third kappa shape index (κ3) is 8.77. The van der Waals surface area contributed by atoms with E-state index in [9.17, 15) is 44.1 Å². The first-order valence-corrected chi connectivity index (χ1v) is 11.4. The molecule has 2 aliphatic rings. The number of urea groups is 1. The number of nitrogens with one attached hydrogen (secondary N) is 7. The Bertz CT molecular complexity index is 1050. The Labute approximate surface area is 220 Å². The average Bonchev–Trinajstić information content (AvgIpc) is 2.87. The number of aliphatic hydroxyl groups is 3. The van der Waals surface area contributed by atoms with Gasteiger partial charge in [0, 0.05) is 19.2 Å². The minimum absolute atomic E-state index is 0.215. The molecule has 0 aromatic heterocycles. The molecule has 16 N–H and O–H groups in total. The SMILES string of the molecule is NC(=O)N/C=C1\NC(=O)C(CO)NC(=O)C(CO)NC(=O)[C@@H](N)CNC(=O)C([C@H]2CC(O)N=C(N)N2)NC1=O. The molecule has 7 amide bonds. The number of aliphatic imine (C=N–C) groups is 1. The fraction of sp³-hybridized carbons (Fsp3) is 0.526. The third-order valence-electron chi connectivity index (χ3n) is 5.38. The van der Waals surface area contributed by atoms with Crippen LogP contribution >= 0.6 is 0 Å². The van der Waals surface area contributed by atoms with Gasteiger partial charge in [-0.1, -0.05) is 0 Å². The van der Waals surface area contributed by atoms with Crippen molar-refractivity contribution < 1.29 is 44.1 Å². The van der Waals surface area contributed by atoms with Gasteiger partial charge in [-0.15, -0.1) is 0 Å². The predicted molar refractivity (Wildman–Crippen MR) is 129 cm³/mol. The van der Waals surface area contributed by atoms with E-state index in [0.29, 0.717) is 6.20 Å². The number of carbonyl (C=O) groups is 6. The fourth-order valence-electron chi connectivity index (χ4n) is 3.39. The minimum Gasteiger partial charge on any atom is -0.394 e. The molecule has 0 spiro atoms. The molecule has 1 fully saturated rings. The van der Waals surface area contributed by atoms with Gasteiger partial charge in [-0.05, 0) is 0 Å². The monoisotopic (exact) mass is 557 g/mol. The van der Waals surface area contributed by atoms with Crippen molar-refractivity contribution in [2.75, 3.05) is 19.8 Å². The van der Waals surface area contributed by atoms with Crippen LogP contribution in [0, 0.1) is 0 Å². The van der Waals surface area contributed by atoms with E-state index < -0.39 is 97.5 Å². The number of nitrogens with two attached hydrogens (primary N) is 3. The standard InChI is InChI=1S/C19H31N11O9/c20-6-2-23-17(38)12(7-1-11(33)29-18(21)28-7)30-14(35)8(3-24-19(22)39)25-15(36)10(5-32)27-16(37)9(4-31)26-13(6)34/h3,6-7,9-12,31-33H,1-2,4-5,20H2,(H,23,38)(H,25,36)(H,26,34)(H,27,37)(H,30,35)(H3,21,28,29)(H3,22,24,39)/b8-3-/t6-,7+,9?,10?,11?,12?/m0/s1. The zero-order valence-corrected chi connectivity index (χ0v) is 20.3. The largest absolute Gasteiger partial charge is 0.394 e. The van der Waals surface area contributed by atoms with Crippen LogP contribution in [0.5, 0.6) is 0 Å². The fourth-order valence-corrected chi connectivity index (χ4v) is 3.39. The molecule has 0 aromatic rings. The van der Waals surface area contributed by atoms with E-state index in [1.165, 1.54) is 0 Å². The molecular weight excluding hydrogens is 526 g/mol. The Morgan fingerprint density at radius 1 is 0.974 bits per heavy atom. The van der Waals surface area contributed by atoms with Gasteiger partial charge in [-0.25, -0.2) is 9.79 Å². The van der Waals surface area contributed by atoms with E-state index >= 15 is 0 Å². The van der Waals surface area contributed by atoms with Crippen LogP contribution in [-0.4, -0.2) is 113 Å². The molecule has 20 nitrogen and oxygen atoms in total. The Balaban J connectivity index is 2.48. The molecule has 39 heavy (non-hydrogen) atoms. The predicted octanol–water partition coefficient (Wildman–Crippen LogP) is -8.50. The van der Waals surface area contributed by atoms with Crippen molar-refractivity contribution in [2.24, 2.45) is 22.2 Å². The van der Waals surface area contributed by atoms with Crippen LogP contribution < -0.4 is 54.4 Å². The Hall–Kier alpha value is -4.53. The van der Waals surface area contributed by atoms with Crippen LogP contribution in [0.2, 0.25) is 0 Å². The molecule has 0 radical (unpaired) electrons. The number of carbonyl (C=O) groups excluding carboxylic acids is 6. The first-order valence-electron chi connectivity index (χ1n) is 11.4. The van der Waals surface area contributed by atoms with Crippen LogP contribution in [0.4, 0.5) is 4.79 Å². The molecule has 20 heteroatoms. The first-order chi connectivity index (χ1) is 18.4. The van der Waals surface area contributed by atoms with Gasteiger partial charge in [0.05, 0.1) is 19.3 Å². The number of aliphatic hydroxyl groups excluding tert-OH is 3. The van der Waals surface area contributed by atoms with Crippen molar-refractivity contribution in [2.45, 2.75) is 42.9 Å². The zero-order chi connectivity index (χ0) is 29.3. The second kappa shape index (κ2) is 13.9. The molecule has 0 aromatic carbocycles. The molecule has 0 saturated carbocycles. The molecular formula is C19H31N11O9. The molecule has 0 bridgehead atoms. The van der Waals surface area contributed by atoms with E-state index in [0.717, 1.165) is 0 Å². The lowest BCUT2D eigenvalue weighted by Crippen LogP contribution is -2.64. The molecule has 2 aliphatic heterocycles. The summed E-state index contributed by atoms with van der Waals surface area (Å²) in [4.78, 5) is 78.7. The minimum atomic E-state index is -1.71. The van der Waals surface area contributed by atoms with Crippen molar-refractivity contribution in [1.29, 1.82) is 0 Å². The number of nitrogens with zero attached hydrogens (tertiary/aromatic N) is 1. The van der Waals surface area contributed by atoms with Crippen molar-refractivity contribution in [3.63, 3.8) is 0 Å². The summed E-state index contributed by atoms with van der Waals surface area (Å²) in [6.45, 7) is -2.42. The van der Waals surface area contributed by atoms with Gasteiger partial charge in [-0.2, -0.15) is 0 Å². The number of guanidine groups is 1. The summed E-state index contributed by atoms with van der Waals surface area (Å²) in [7, 11) is 0. The van der Waals surface area contributed by atoms with Crippen LogP contribution in [0.1, 0.15) is 6.42 Å². The van der Waals surface area contributed by atoms with Gasteiger partial charge < -0.3 is 69.7 Å². The lowest BCUT2D eigenvalue weighted by atomic mass is 10.0. The van der Waals surface area contributed by atoms with Crippen LogP contribution in [0.3, 0.4) is 0 Å². The second-order valence-corrected chi connectivity index (χ2v) is 8.33. The molecule has 2 rings (SSSR count). The highest BCUT2D eigenvalue weighted by atomic mass is 16.3. The summed E-state index contributed by atoms with van der Waals surface area (Å²) < 4.78 is 0. The van der Waals surface area contributed by atoms with Crippen molar-refractivity contribution >= 4 is 41.5 Å². The Kier molecular flexibility index (Phi) is 10.9. The smallest absolute Gasteiger partial charge is 0.316 e. The Morgan fingerprint density at radius 3 is 2.18 bits per heavy atom. The van der Waals surface area contributed by atoms with E-state index in [2.05, 4.69) is 36.9 Å². The van der Waals surface area contributed by atoms with Crippen LogP contribution in [-0.2, 0) is 24.0 Å². The van der Waals surface area contributed by atoms with Crippen molar-refractivity contribution in [3.8, 4) is 0 Å². The summed E-state index contributed by atoms with van der Waals surface area (Å²) in [6.07, 6.45) is -0.868. The quantitative estimate of drug-likeness (QED) is 0.143. The second-order valence-electron chi connectivity index (χ2n) is 8.33. The number of hydrogen-bond donors (Lipinski definition) is 13. The molecule has 2 heterocycles. The molecule has 0 aliphatic carbocycles. The molecule has 216 valence electrons. The average molecular weight is 558 g/mol. The number of amides is 7.